The van der Waals surface area contributed by atoms with Crippen molar-refractivity contribution in [2.24, 2.45) is 11.3 Å². The number of pyridine rings is 1. The second-order valence-corrected chi connectivity index (χ2v) is 12.5. The molecular weight excluding hydrogens is 568 g/mol. The van der Waals surface area contributed by atoms with Gasteiger partial charge in [0.1, 0.15) is 35.2 Å². The Kier molecular flexibility index (Phi) is 8.77. The molecule has 2 aromatic rings. The lowest BCUT2D eigenvalue weighted by Crippen LogP contribution is -2.79. The predicted octanol–water partition coefficient (Wildman–Crippen LogP) is 4.36. The molecule has 1 fully saturated rings. The Hall–Kier alpha value is -3.90. The minimum Gasteiger partial charge on any atom is -0.492 e. The summed E-state index contributed by atoms with van der Waals surface area (Å²) in [6.07, 6.45) is 2.08. The number of carbonyl (C=O) groups is 3. The van der Waals surface area contributed by atoms with E-state index in [1.54, 1.807) is 12.3 Å². The van der Waals surface area contributed by atoms with Crippen LogP contribution in [-0.2, 0) is 31.9 Å². The first kappa shape index (κ1) is 31.5. The largest absolute Gasteiger partial charge is 0.492 e. The van der Waals surface area contributed by atoms with Crippen LogP contribution in [0.3, 0.4) is 0 Å². The van der Waals surface area contributed by atoms with Crippen molar-refractivity contribution >= 4 is 23.7 Å². The van der Waals surface area contributed by atoms with Crippen molar-refractivity contribution in [3.8, 4) is 17.2 Å². The van der Waals surface area contributed by atoms with Gasteiger partial charge in [-0.15, -0.1) is 0 Å². The Morgan fingerprint density at radius 2 is 1.93 bits per heavy atom. The number of nitrogens with one attached hydrogen (secondary N) is 2. The van der Waals surface area contributed by atoms with E-state index in [2.05, 4.69) is 15.6 Å². The fraction of sp³-hybridized carbons (Fsp3) is 0.562. The van der Waals surface area contributed by atoms with E-state index in [1.807, 2.05) is 52.8 Å². The first-order valence-corrected chi connectivity index (χ1v) is 15.2. The quantitative estimate of drug-likeness (QED) is 0.371. The van der Waals surface area contributed by atoms with Crippen molar-refractivity contribution in [1.29, 1.82) is 0 Å². The number of likely N-dealkylation sites (tertiary alicyclic amines) is 1. The zero-order valence-electron chi connectivity index (χ0n) is 26.0. The maximum atomic E-state index is 14.1. The van der Waals surface area contributed by atoms with Crippen molar-refractivity contribution in [2.75, 3.05) is 38.2 Å². The number of benzene rings is 1. The summed E-state index contributed by atoms with van der Waals surface area (Å²) in [5, 5.41) is 16.0. The Morgan fingerprint density at radius 1 is 1.18 bits per heavy atom. The van der Waals surface area contributed by atoms with E-state index in [4.69, 9.17) is 18.9 Å². The minimum absolute atomic E-state index is 0.0104. The molecule has 1 saturated heterocycles. The molecule has 0 bridgehead atoms. The summed E-state index contributed by atoms with van der Waals surface area (Å²) >= 11 is 0. The molecule has 0 saturated carbocycles. The molecule has 2 atom stereocenters. The smallest absolute Gasteiger partial charge is 0.407 e. The van der Waals surface area contributed by atoms with Crippen molar-refractivity contribution in [2.45, 2.75) is 71.6 Å². The third-order valence-corrected chi connectivity index (χ3v) is 8.84. The van der Waals surface area contributed by atoms with E-state index in [-0.39, 0.29) is 37.9 Å². The molecule has 3 amide bonds. The molecule has 0 spiro atoms. The van der Waals surface area contributed by atoms with Gasteiger partial charge in [-0.1, -0.05) is 20.8 Å². The lowest BCUT2D eigenvalue weighted by atomic mass is 9.64. The zero-order chi connectivity index (χ0) is 31.7. The molecule has 2 unspecified atom stereocenters. The molecule has 12 heteroatoms. The number of fused-ring (bicyclic) bond motifs is 2. The van der Waals surface area contributed by atoms with Crippen LogP contribution >= 0.6 is 0 Å². The monoisotopic (exact) mass is 610 g/mol. The number of nitrogens with zero attached hydrogens (tertiary/aromatic N) is 2. The molecule has 3 aliphatic heterocycles. The number of amides is 3. The lowest BCUT2D eigenvalue weighted by molar-refractivity contribution is -0.311. The normalized spacial score (nSPS) is 22.6. The Balaban J connectivity index is 1.40. The van der Waals surface area contributed by atoms with E-state index < -0.39 is 28.8 Å². The number of rotatable bonds is 8. The highest BCUT2D eigenvalue weighted by Gasteiger charge is 2.64. The van der Waals surface area contributed by atoms with Gasteiger partial charge in [0, 0.05) is 44.4 Å². The third-order valence-electron chi connectivity index (χ3n) is 8.84. The van der Waals surface area contributed by atoms with Crippen LogP contribution in [0.5, 0.6) is 17.2 Å². The summed E-state index contributed by atoms with van der Waals surface area (Å²) in [5.74, 6) is 0.224. The van der Waals surface area contributed by atoms with Gasteiger partial charge in [0.25, 0.3) is 0 Å². The van der Waals surface area contributed by atoms with Gasteiger partial charge in [0.2, 0.25) is 11.8 Å². The molecule has 0 radical (unpaired) electrons. The number of hydrogen-bond donors (Lipinski definition) is 3. The van der Waals surface area contributed by atoms with Gasteiger partial charge in [-0.3, -0.25) is 9.59 Å². The average molecular weight is 611 g/mol. The molecule has 5 rings (SSSR count). The molecule has 44 heavy (non-hydrogen) atoms. The van der Waals surface area contributed by atoms with E-state index in [1.165, 1.54) is 4.90 Å². The van der Waals surface area contributed by atoms with Gasteiger partial charge in [-0.2, -0.15) is 0 Å². The van der Waals surface area contributed by atoms with E-state index >= 15 is 0 Å². The predicted molar refractivity (Wildman–Crippen MR) is 161 cm³/mol. The highest BCUT2D eigenvalue weighted by molar-refractivity contribution is 5.93. The highest BCUT2D eigenvalue weighted by atomic mass is 16.7. The molecule has 238 valence electrons. The molecule has 3 N–H and O–H groups in total. The first-order chi connectivity index (χ1) is 20.9. The van der Waals surface area contributed by atoms with E-state index in [0.717, 1.165) is 11.1 Å². The van der Waals surface area contributed by atoms with Crippen molar-refractivity contribution in [3.05, 3.63) is 41.6 Å². The number of carboxylic acid groups (broad SMARTS) is 1. The fourth-order valence-corrected chi connectivity index (χ4v) is 6.57. The van der Waals surface area contributed by atoms with Gasteiger partial charge >= 0.3 is 6.09 Å². The number of carbonyl (C=O) groups excluding carboxylic acids is 2. The maximum Gasteiger partial charge on any atom is 0.407 e. The van der Waals surface area contributed by atoms with Crippen molar-refractivity contribution in [1.82, 2.24) is 15.2 Å². The van der Waals surface area contributed by atoms with Crippen LogP contribution in [0.4, 0.5) is 10.6 Å². The van der Waals surface area contributed by atoms with Crippen LogP contribution in [0, 0.1) is 11.3 Å². The highest BCUT2D eigenvalue weighted by Crippen LogP contribution is 2.47. The zero-order valence-corrected chi connectivity index (χ0v) is 26.0. The van der Waals surface area contributed by atoms with Gasteiger partial charge < -0.3 is 39.6 Å². The Bertz CT molecular complexity index is 1420. The lowest BCUT2D eigenvalue weighted by Gasteiger charge is -2.60. The number of piperidine rings is 1. The third kappa shape index (κ3) is 5.80. The summed E-state index contributed by atoms with van der Waals surface area (Å²) in [6.45, 7) is 10.7. The standard InChI is InChI=1S/C32H42N4O8/c1-6-42-32(43-7-2)13-15-36(29(39)40)19-31(32,30(3,4)5)35-28(38)21-16-20-17-22(8-10-24(20)41-18-21)44-25-12-14-33-27-23(25)9-11-26(37)34-27/h8,10,12,14,17,21H,6-7,9,11,13,15-16,18-19H2,1-5H3,(H,35,38)(H,39,40)(H,33,34,37). The number of aromatic nitrogens is 1. The van der Waals surface area contributed by atoms with Crippen LogP contribution < -0.4 is 20.1 Å². The van der Waals surface area contributed by atoms with Gasteiger partial charge in [-0.05, 0) is 61.9 Å². The summed E-state index contributed by atoms with van der Waals surface area (Å²) in [5.41, 5.74) is -0.202. The SMILES string of the molecule is CCOC1(OCC)CCN(C(=O)O)CC1(NC(=O)C1COc2ccc(Oc3ccnc4c3CCC(=O)N4)cc2C1)C(C)(C)C. The fourth-order valence-electron chi connectivity index (χ4n) is 6.57. The van der Waals surface area contributed by atoms with Crippen molar-refractivity contribution in [3.63, 3.8) is 0 Å². The second-order valence-electron chi connectivity index (χ2n) is 12.5. The van der Waals surface area contributed by atoms with Crippen LogP contribution in [-0.4, -0.2) is 77.1 Å². The van der Waals surface area contributed by atoms with Crippen LogP contribution in [0.25, 0.3) is 0 Å². The molecule has 1 aromatic heterocycles. The average Bonchev–Trinajstić information content (AvgIpc) is 2.97. The number of hydrogen-bond acceptors (Lipinski definition) is 8. The van der Waals surface area contributed by atoms with E-state index in [9.17, 15) is 19.5 Å². The Morgan fingerprint density at radius 3 is 2.61 bits per heavy atom. The molecule has 4 heterocycles. The first-order valence-electron chi connectivity index (χ1n) is 15.2. The molecule has 3 aliphatic rings. The van der Waals surface area contributed by atoms with Gasteiger partial charge in [0.05, 0.1) is 12.5 Å². The minimum atomic E-state index is -1.23. The number of anilines is 1. The van der Waals surface area contributed by atoms with Crippen LogP contribution in [0.1, 0.15) is 58.6 Å². The molecule has 0 aliphatic carbocycles. The molecule has 1 aromatic carbocycles. The van der Waals surface area contributed by atoms with Crippen LogP contribution in [0.2, 0.25) is 0 Å². The summed E-state index contributed by atoms with van der Waals surface area (Å²) in [7, 11) is 0. The van der Waals surface area contributed by atoms with Gasteiger partial charge in [0.15, 0.2) is 5.79 Å². The topological polar surface area (TPSA) is 149 Å². The molecular formula is C32H42N4O8. The van der Waals surface area contributed by atoms with E-state index in [0.29, 0.717) is 55.5 Å². The maximum absolute atomic E-state index is 14.1. The second kappa shape index (κ2) is 12.2. The summed E-state index contributed by atoms with van der Waals surface area (Å²) < 4.78 is 24.9. The van der Waals surface area contributed by atoms with Crippen LogP contribution in [0.15, 0.2) is 30.5 Å². The summed E-state index contributed by atoms with van der Waals surface area (Å²) in [4.78, 5) is 43.7. The molecule has 12 nitrogen and oxygen atoms in total. The summed E-state index contributed by atoms with van der Waals surface area (Å²) in [6, 6.07) is 7.26. The Labute approximate surface area is 257 Å². The van der Waals surface area contributed by atoms with Gasteiger partial charge in [-0.25, -0.2) is 9.78 Å². The van der Waals surface area contributed by atoms with Crippen molar-refractivity contribution < 1.29 is 38.4 Å². The number of ether oxygens (including phenoxy) is 4.